The highest BCUT2D eigenvalue weighted by molar-refractivity contribution is 5.94. The molecule has 1 rings (SSSR count). The Morgan fingerprint density at radius 3 is 3.00 bits per heavy atom. The van der Waals surface area contributed by atoms with Gasteiger partial charge in [-0.15, -0.1) is 0 Å². The molecule has 5 nitrogen and oxygen atoms in total. The Bertz CT molecular complexity index is 432. The summed E-state index contributed by atoms with van der Waals surface area (Å²) in [5, 5.41) is 10.1. The van der Waals surface area contributed by atoms with Gasteiger partial charge < -0.3 is 5.11 Å². The molecule has 1 aromatic heterocycles. The van der Waals surface area contributed by atoms with E-state index in [2.05, 4.69) is 22.3 Å². The summed E-state index contributed by atoms with van der Waals surface area (Å²) in [6, 6.07) is 3.37. The van der Waals surface area contributed by atoms with Crippen LogP contribution in [0.2, 0.25) is 0 Å². The van der Waals surface area contributed by atoms with Gasteiger partial charge in [0.05, 0.1) is 5.56 Å². The van der Waals surface area contributed by atoms with Crippen LogP contribution in [0, 0.1) is 11.8 Å². The number of carbonyl (C=O) groups excluding carboxylic acids is 1. The van der Waals surface area contributed by atoms with Crippen LogP contribution in [0.1, 0.15) is 16.1 Å². The number of nitrogens with zero attached hydrogens (tertiary/aromatic N) is 2. The van der Waals surface area contributed by atoms with Gasteiger partial charge in [0.15, 0.2) is 0 Å². The summed E-state index contributed by atoms with van der Waals surface area (Å²) in [5.41, 5.74) is 3.32. The van der Waals surface area contributed by atoms with Crippen LogP contribution in [-0.2, 0) is 0 Å². The van der Waals surface area contributed by atoms with E-state index in [-0.39, 0.29) is 18.2 Å². The van der Waals surface area contributed by atoms with E-state index in [1.807, 2.05) is 0 Å². The second-order valence-corrected chi connectivity index (χ2v) is 3.19. The minimum Gasteiger partial charge on any atom is -0.384 e. The first kappa shape index (κ1) is 12.2. The zero-order chi connectivity index (χ0) is 12.0. The molecule has 0 bridgehead atoms. The van der Waals surface area contributed by atoms with Crippen molar-refractivity contribution < 1.29 is 9.90 Å². The molecule has 0 aliphatic carbocycles. The molecular formula is C11H13N3O2. The highest BCUT2D eigenvalue weighted by Gasteiger charge is 2.11. The van der Waals surface area contributed by atoms with Gasteiger partial charge in [-0.25, -0.2) is 9.99 Å². The molecule has 1 amide bonds. The van der Waals surface area contributed by atoms with Crippen LogP contribution in [0.4, 0.5) is 0 Å². The number of nitrogens with one attached hydrogen (secondary N) is 1. The molecule has 2 N–H and O–H groups in total. The van der Waals surface area contributed by atoms with E-state index in [0.29, 0.717) is 5.56 Å². The number of hydrazine groups is 1. The normalized spacial score (nSPS) is 9.50. The minimum atomic E-state index is -0.326. The van der Waals surface area contributed by atoms with Crippen LogP contribution in [0.3, 0.4) is 0 Å². The molecule has 0 unspecified atom stereocenters. The number of aromatic nitrogens is 1. The standard InChI is InChI=1S/C11H13N3O2/c1-14(2)13-11(16)10-9(6-4-8-15)5-3-7-12-10/h3,5,7,15H,8H2,1-2H3,(H,13,16). The minimum absolute atomic E-state index is 0.246. The summed E-state index contributed by atoms with van der Waals surface area (Å²) in [7, 11) is 3.42. The predicted octanol–water partition coefficient (Wildman–Crippen LogP) is -0.368. The molecule has 84 valence electrons. The maximum absolute atomic E-state index is 11.7. The Balaban J connectivity index is 2.98. The van der Waals surface area contributed by atoms with Gasteiger partial charge in [-0.1, -0.05) is 11.8 Å². The molecule has 0 spiro atoms. The van der Waals surface area contributed by atoms with Gasteiger partial charge in [-0.3, -0.25) is 10.2 Å². The predicted molar refractivity (Wildman–Crippen MR) is 59.4 cm³/mol. The fourth-order valence-electron chi connectivity index (χ4n) is 1.08. The van der Waals surface area contributed by atoms with Crippen LogP contribution < -0.4 is 5.43 Å². The second kappa shape index (κ2) is 5.85. The highest BCUT2D eigenvalue weighted by atomic mass is 16.2. The highest BCUT2D eigenvalue weighted by Crippen LogP contribution is 2.03. The summed E-state index contributed by atoms with van der Waals surface area (Å²) in [6.45, 7) is -0.246. The van der Waals surface area contributed by atoms with E-state index in [1.165, 1.54) is 11.2 Å². The lowest BCUT2D eigenvalue weighted by molar-refractivity contribution is 0.0851. The number of aliphatic hydroxyl groups excluding tert-OH is 1. The Labute approximate surface area is 94.1 Å². The first-order valence-electron chi connectivity index (χ1n) is 4.68. The SMILES string of the molecule is CN(C)NC(=O)c1ncccc1C#CCO. The van der Waals surface area contributed by atoms with Crippen LogP contribution >= 0.6 is 0 Å². The first-order valence-corrected chi connectivity index (χ1v) is 4.68. The number of hydrogen-bond donors (Lipinski definition) is 2. The van der Waals surface area contributed by atoms with Crippen molar-refractivity contribution in [2.75, 3.05) is 20.7 Å². The molecule has 0 saturated heterocycles. The van der Waals surface area contributed by atoms with Crippen molar-refractivity contribution >= 4 is 5.91 Å². The lowest BCUT2D eigenvalue weighted by Crippen LogP contribution is -2.37. The summed E-state index contributed by atoms with van der Waals surface area (Å²) < 4.78 is 0. The van der Waals surface area contributed by atoms with Gasteiger partial charge in [0.1, 0.15) is 12.3 Å². The smallest absolute Gasteiger partial charge is 0.285 e. The second-order valence-electron chi connectivity index (χ2n) is 3.19. The maximum atomic E-state index is 11.7. The van der Waals surface area contributed by atoms with Gasteiger partial charge in [-0.2, -0.15) is 0 Å². The van der Waals surface area contributed by atoms with E-state index in [9.17, 15) is 4.79 Å². The summed E-state index contributed by atoms with van der Waals surface area (Å²) in [4.78, 5) is 15.7. The Hall–Kier alpha value is -1.90. The van der Waals surface area contributed by atoms with E-state index in [4.69, 9.17) is 5.11 Å². The molecule has 0 fully saturated rings. The molecule has 1 aromatic rings. The average molecular weight is 219 g/mol. The molecule has 5 heteroatoms. The van der Waals surface area contributed by atoms with Crippen molar-refractivity contribution in [3.8, 4) is 11.8 Å². The van der Waals surface area contributed by atoms with Crippen LogP contribution in [0.25, 0.3) is 0 Å². The van der Waals surface area contributed by atoms with E-state index >= 15 is 0 Å². The van der Waals surface area contributed by atoms with Crippen molar-refractivity contribution in [1.82, 2.24) is 15.4 Å². The molecule has 0 aromatic carbocycles. The summed E-state index contributed by atoms with van der Waals surface area (Å²) in [5.74, 6) is 4.83. The Kier molecular flexibility index (Phi) is 4.45. The van der Waals surface area contributed by atoms with E-state index in [0.717, 1.165) is 0 Å². The van der Waals surface area contributed by atoms with Gasteiger partial charge in [0, 0.05) is 20.3 Å². The van der Waals surface area contributed by atoms with Gasteiger partial charge in [0.2, 0.25) is 0 Å². The molecule has 0 atom stereocenters. The third-order valence-corrected chi connectivity index (χ3v) is 1.65. The summed E-state index contributed by atoms with van der Waals surface area (Å²) in [6.07, 6.45) is 1.52. The topological polar surface area (TPSA) is 65.5 Å². The number of amides is 1. The molecule has 0 radical (unpaired) electrons. The molecule has 16 heavy (non-hydrogen) atoms. The first-order chi connectivity index (χ1) is 7.65. The number of hydrogen-bond acceptors (Lipinski definition) is 4. The zero-order valence-corrected chi connectivity index (χ0v) is 9.19. The largest absolute Gasteiger partial charge is 0.384 e. The maximum Gasteiger partial charge on any atom is 0.285 e. The molecule has 0 aliphatic rings. The van der Waals surface area contributed by atoms with E-state index in [1.54, 1.807) is 26.2 Å². The van der Waals surface area contributed by atoms with Crippen molar-refractivity contribution in [1.29, 1.82) is 0 Å². The fraction of sp³-hybridized carbons (Fsp3) is 0.273. The van der Waals surface area contributed by atoms with Crippen molar-refractivity contribution in [3.05, 3.63) is 29.6 Å². The zero-order valence-electron chi connectivity index (χ0n) is 9.19. The van der Waals surface area contributed by atoms with Gasteiger partial charge in [-0.05, 0) is 12.1 Å². The van der Waals surface area contributed by atoms with Crippen LogP contribution in [-0.4, -0.2) is 41.7 Å². The lowest BCUT2D eigenvalue weighted by Gasteiger charge is -2.11. The third kappa shape index (κ3) is 3.35. The quantitative estimate of drug-likeness (QED) is 0.526. The fourth-order valence-corrected chi connectivity index (χ4v) is 1.08. The van der Waals surface area contributed by atoms with Crippen molar-refractivity contribution in [2.24, 2.45) is 0 Å². The van der Waals surface area contributed by atoms with Crippen LogP contribution in [0.15, 0.2) is 18.3 Å². The number of carbonyl (C=O) groups is 1. The molecular weight excluding hydrogens is 206 g/mol. The molecule has 0 aliphatic heterocycles. The molecule has 0 saturated carbocycles. The summed E-state index contributed by atoms with van der Waals surface area (Å²) >= 11 is 0. The van der Waals surface area contributed by atoms with E-state index < -0.39 is 0 Å². The number of pyridine rings is 1. The third-order valence-electron chi connectivity index (χ3n) is 1.65. The van der Waals surface area contributed by atoms with Gasteiger partial charge >= 0.3 is 0 Å². The van der Waals surface area contributed by atoms with Crippen molar-refractivity contribution in [2.45, 2.75) is 0 Å². The lowest BCUT2D eigenvalue weighted by atomic mass is 10.2. The Morgan fingerprint density at radius 2 is 2.38 bits per heavy atom. The number of rotatable bonds is 2. The van der Waals surface area contributed by atoms with Crippen molar-refractivity contribution in [3.63, 3.8) is 0 Å². The van der Waals surface area contributed by atoms with Gasteiger partial charge in [0.25, 0.3) is 5.91 Å². The number of aliphatic hydroxyl groups is 1. The van der Waals surface area contributed by atoms with Crippen LogP contribution in [0.5, 0.6) is 0 Å². The molecule has 1 heterocycles. The average Bonchev–Trinajstić information content (AvgIpc) is 2.25. The monoisotopic (exact) mass is 219 g/mol. The Morgan fingerprint density at radius 1 is 1.62 bits per heavy atom.